The summed E-state index contributed by atoms with van der Waals surface area (Å²) in [6, 6.07) is 22.7. The topological polar surface area (TPSA) is 76.7 Å². The average molecular weight is 408 g/mol. The molecule has 0 radical (unpaired) electrons. The number of ether oxygens (including phenoxy) is 2. The molecular formula is C23H21FN2O4. The molecule has 3 aromatic carbocycles. The van der Waals surface area contributed by atoms with Crippen LogP contribution in [0.1, 0.15) is 6.92 Å². The van der Waals surface area contributed by atoms with Crippen LogP contribution in [0.5, 0.6) is 11.5 Å². The standard InChI is InChI=1S/C23H21FN2O4/c1-16(30-21-14-8-6-12-19(21)24)23(28)26-25-22(27)15-29-20-13-7-5-11-18(20)17-9-3-2-4-10-17/h2-14,16H,15H2,1H3,(H,25,27)(H,26,28)/t16-/m0/s1. The highest BCUT2D eigenvalue weighted by Crippen LogP contribution is 2.29. The predicted molar refractivity (Wildman–Crippen MR) is 110 cm³/mol. The number of carbonyl (C=O) groups excluding carboxylic acids is 2. The molecular weight excluding hydrogens is 387 g/mol. The van der Waals surface area contributed by atoms with Gasteiger partial charge in [-0.2, -0.15) is 0 Å². The van der Waals surface area contributed by atoms with E-state index in [0.717, 1.165) is 11.1 Å². The van der Waals surface area contributed by atoms with E-state index in [1.54, 1.807) is 12.1 Å². The number of hydrazine groups is 1. The summed E-state index contributed by atoms with van der Waals surface area (Å²) in [5, 5.41) is 0. The van der Waals surface area contributed by atoms with Crippen molar-refractivity contribution in [3.8, 4) is 22.6 Å². The zero-order chi connectivity index (χ0) is 21.3. The monoisotopic (exact) mass is 408 g/mol. The van der Waals surface area contributed by atoms with E-state index in [1.807, 2.05) is 48.5 Å². The first-order valence-corrected chi connectivity index (χ1v) is 9.31. The fraction of sp³-hybridized carbons (Fsp3) is 0.130. The normalized spacial score (nSPS) is 11.3. The van der Waals surface area contributed by atoms with Crippen molar-refractivity contribution in [1.82, 2.24) is 10.9 Å². The third-order valence-corrected chi connectivity index (χ3v) is 4.17. The van der Waals surface area contributed by atoms with Crippen molar-refractivity contribution in [3.05, 3.63) is 84.7 Å². The number of rotatable bonds is 7. The predicted octanol–water partition coefficient (Wildman–Crippen LogP) is 3.49. The maximum Gasteiger partial charge on any atom is 0.279 e. The molecule has 1 atom stereocenters. The van der Waals surface area contributed by atoms with E-state index in [-0.39, 0.29) is 12.4 Å². The van der Waals surface area contributed by atoms with Crippen LogP contribution in [0.3, 0.4) is 0 Å². The van der Waals surface area contributed by atoms with E-state index in [1.165, 1.54) is 25.1 Å². The SMILES string of the molecule is C[C@H](Oc1ccccc1F)C(=O)NNC(=O)COc1ccccc1-c1ccccc1. The maximum atomic E-state index is 13.6. The second-order valence-electron chi connectivity index (χ2n) is 6.38. The van der Waals surface area contributed by atoms with Crippen molar-refractivity contribution in [2.45, 2.75) is 13.0 Å². The average Bonchev–Trinajstić information content (AvgIpc) is 2.78. The molecule has 154 valence electrons. The van der Waals surface area contributed by atoms with Gasteiger partial charge < -0.3 is 9.47 Å². The summed E-state index contributed by atoms with van der Waals surface area (Å²) in [6.45, 7) is 1.15. The molecule has 3 rings (SSSR count). The summed E-state index contributed by atoms with van der Waals surface area (Å²) in [5.74, 6) is -1.26. The van der Waals surface area contributed by atoms with Crippen molar-refractivity contribution in [3.63, 3.8) is 0 Å². The molecule has 0 saturated carbocycles. The minimum absolute atomic E-state index is 0.0488. The van der Waals surface area contributed by atoms with E-state index in [9.17, 15) is 14.0 Å². The number of carbonyl (C=O) groups is 2. The van der Waals surface area contributed by atoms with Gasteiger partial charge >= 0.3 is 0 Å². The first-order chi connectivity index (χ1) is 14.5. The lowest BCUT2D eigenvalue weighted by Gasteiger charge is -2.16. The summed E-state index contributed by atoms with van der Waals surface area (Å²) < 4.78 is 24.5. The molecule has 0 aliphatic carbocycles. The fourth-order valence-electron chi connectivity index (χ4n) is 2.65. The highest BCUT2D eigenvalue weighted by molar-refractivity contribution is 5.85. The lowest BCUT2D eigenvalue weighted by Crippen LogP contribution is -2.48. The number of para-hydroxylation sites is 2. The molecule has 0 fully saturated rings. The first kappa shape index (κ1) is 20.9. The lowest BCUT2D eigenvalue weighted by molar-refractivity contribution is -0.133. The number of nitrogens with one attached hydrogen (secondary N) is 2. The smallest absolute Gasteiger partial charge is 0.279 e. The van der Waals surface area contributed by atoms with Crippen LogP contribution in [0.15, 0.2) is 78.9 Å². The van der Waals surface area contributed by atoms with Gasteiger partial charge in [-0.3, -0.25) is 20.4 Å². The number of hydrogen-bond acceptors (Lipinski definition) is 4. The molecule has 0 heterocycles. The highest BCUT2D eigenvalue weighted by atomic mass is 19.1. The first-order valence-electron chi connectivity index (χ1n) is 9.31. The Hall–Kier alpha value is -3.87. The maximum absolute atomic E-state index is 13.6. The van der Waals surface area contributed by atoms with Crippen LogP contribution in [0, 0.1) is 5.82 Å². The number of amides is 2. The van der Waals surface area contributed by atoms with E-state index >= 15 is 0 Å². The summed E-state index contributed by atoms with van der Waals surface area (Å²) in [6.07, 6.45) is -1.01. The molecule has 0 saturated heterocycles. The Labute approximate surface area is 173 Å². The molecule has 2 N–H and O–H groups in total. The quantitative estimate of drug-likeness (QED) is 0.587. The number of benzene rings is 3. The van der Waals surface area contributed by atoms with Gasteiger partial charge in [0.2, 0.25) is 0 Å². The summed E-state index contributed by atoms with van der Waals surface area (Å²) in [7, 11) is 0. The Bertz CT molecular complexity index is 1010. The van der Waals surface area contributed by atoms with Crippen molar-refractivity contribution >= 4 is 11.8 Å². The van der Waals surface area contributed by atoms with Crippen molar-refractivity contribution < 1.29 is 23.5 Å². The highest BCUT2D eigenvalue weighted by Gasteiger charge is 2.17. The van der Waals surface area contributed by atoms with Crippen LogP contribution in [0.2, 0.25) is 0 Å². The Morgan fingerprint density at radius 2 is 1.50 bits per heavy atom. The van der Waals surface area contributed by atoms with Gasteiger partial charge in [-0.1, -0.05) is 60.7 Å². The van der Waals surface area contributed by atoms with Gasteiger partial charge in [0.25, 0.3) is 11.8 Å². The Morgan fingerprint density at radius 1 is 0.867 bits per heavy atom. The van der Waals surface area contributed by atoms with E-state index < -0.39 is 23.7 Å². The van der Waals surface area contributed by atoms with Crippen molar-refractivity contribution in [2.75, 3.05) is 6.61 Å². The molecule has 6 nitrogen and oxygen atoms in total. The molecule has 3 aromatic rings. The summed E-state index contributed by atoms with van der Waals surface area (Å²) in [4.78, 5) is 24.1. The molecule has 0 spiro atoms. The molecule has 30 heavy (non-hydrogen) atoms. The van der Waals surface area contributed by atoms with E-state index in [4.69, 9.17) is 9.47 Å². The van der Waals surface area contributed by atoms with Gasteiger partial charge in [-0.15, -0.1) is 0 Å². The third-order valence-electron chi connectivity index (χ3n) is 4.17. The van der Waals surface area contributed by atoms with Crippen LogP contribution in [0.25, 0.3) is 11.1 Å². The van der Waals surface area contributed by atoms with Crippen LogP contribution >= 0.6 is 0 Å². The van der Waals surface area contributed by atoms with Gasteiger partial charge in [0.15, 0.2) is 24.3 Å². The third kappa shape index (κ3) is 5.57. The summed E-state index contributed by atoms with van der Waals surface area (Å²) >= 11 is 0. The molecule has 0 aromatic heterocycles. The summed E-state index contributed by atoms with van der Waals surface area (Å²) in [5.41, 5.74) is 6.30. The molecule has 0 bridgehead atoms. The van der Waals surface area contributed by atoms with Crippen LogP contribution in [-0.4, -0.2) is 24.5 Å². The van der Waals surface area contributed by atoms with E-state index in [0.29, 0.717) is 5.75 Å². The second kappa shape index (κ2) is 10.1. The molecule has 0 aliphatic rings. The van der Waals surface area contributed by atoms with E-state index in [2.05, 4.69) is 10.9 Å². The fourth-order valence-corrected chi connectivity index (χ4v) is 2.65. The lowest BCUT2D eigenvalue weighted by atomic mass is 10.1. The van der Waals surface area contributed by atoms with Crippen LogP contribution in [-0.2, 0) is 9.59 Å². The van der Waals surface area contributed by atoms with Gasteiger partial charge in [-0.05, 0) is 30.7 Å². The number of hydrogen-bond donors (Lipinski definition) is 2. The molecule has 0 aliphatic heterocycles. The Morgan fingerprint density at radius 3 is 2.23 bits per heavy atom. The van der Waals surface area contributed by atoms with Crippen LogP contribution < -0.4 is 20.3 Å². The van der Waals surface area contributed by atoms with Gasteiger partial charge in [0, 0.05) is 5.56 Å². The van der Waals surface area contributed by atoms with Gasteiger partial charge in [-0.25, -0.2) is 4.39 Å². The zero-order valence-electron chi connectivity index (χ0n) is 16.3. The van der Waals surface area contributed by atoms with Crippen molar-refractivity contribution in [1.29, 1.82) is 0 Å². The second-order valence-corrected chi connectivity index (χ2v) is 6.38. The Kier molecular flexibility index (Phi) is 7.00. The minimum atomic E-state index is -1.01. The van der Waals surface area contributed by atoms with Gasteiger partial charge in [0.1, 0.15) is 5.75 Å². The van der Waals surface area contributed by atoms with Crippen LogP contribution in [0.4, 0.5) is 4.39 Å². The van der Waals surface area contributed by atoms with Crippen molar-refractivity contribution in [2.24, 2.45) is 0 Å². The zero-order valence-corrected chi connectivity index (χ0v) is 16.3. The molecule has 2 amide bonds. The van der Waals surface area contributed by atoms with Gasteiger partial charge in [0.05, 0.1) is 0 Å². The molecule has 0 unspecified atom stereocenters. The largest absolute Gasteiger partial charge is 0.483 e. The minimum Gasteiger partial charge on any atom is -0.483 e. The molecule has 7 heteroatoms. The number of halogens is 1. The Balaban J connectivity index is 1.50.